The van der Waals surface area contributed by atoms with Gasteiger partial charge in [-0.15, -0.1) is 0 Å². The van der Waals surface area contributed by atoms with Gasteiger partial charge in [-0.3, -0.25) is 4.79 Å². The average Bonchev–Trinajstić information content (AvgIpc) is 2.74. The van der Waals surface area contributed by atoms with E-state index in [0.717, 1.165) is 16.7 Å². The lowest BCUT2D eigenvalue weighted by Gasteiger charge is -2.26. The predicted molar refractivity (Wildman–Crippen MR) is 113 cm³/mol. The first kappa shape index (κ1) is 21.5. The van der Waals surface area contributed by atoms with Gasteiger partial charge >= 0.3 is 0 Å². The molecule has 0 saturated carbocycles. The van der Waals surface area contributed by atoms with Gasteiger partial charge in [-0.05, 0) is 47.9 Å². The van der Waals surface area contributed by atoms with Crippen LogP contribution in [-0.4, -0.2) is 44.9 Å². The van der Waals surface area contributed by atoms with Crippen LogP contribution >= 0.6 is 11.6 Å². The summed E-state index contributed by atoms with van der Waals surface area (Å²) in [5.41, 5.74) is 2.63. The lowest BCUT2D eigenvalue weighted by molar-refractivity contribution is -0.116. The van der Waals surface area contributed by atoms with Crippen molar-refractivity contribution in [1.82, 2.24) is 9.62 Å². The van der Waals surface area contributed by atoms with Crippen LogP contribution < -0.4 is 5.32 Å². The van der Waals surface area contributed by atoms with Crippen molar-refractivity contribution < 1.29 is 17.9 Å². The molecule has 29 heavy (non-hydrogen) atoms. The van der Waals surface area contributed by atoms with Gasteiger partial charge in [-0.25, -0.2) is 8.42 Å². The molecule has 8 heteroatoms. The molecule has 1 aliphatic heterocycles. The summed E-state index contributed by atoms with van der Waals surface area (Å²) in [6.07, 6.45) is 3.14. The van der Waals surface area contributed by atoms with E-state index in [1.165, 1.54) is 10.4 Å². The van der Waals surface area contributed by atoms with Gasteiger partial charge in [0.05, 0.1) is 18.1 Å². The van der Waals surface area contributed by atoms with Gasteiger partial charge in [-0.2, -0.15) is 4.31 Å². The number of carbonyl (C=O) groups excluding carboxylic acids is 1. The molecule has 1 aliphatic rings. The first-order valence-corrected chi connectivity index (χ1v) is 11.1. The SMILES string of the molecule is Cc1ccc(/C=C/C(=O)NCc2ccc(S(=O)(=O)N3CCOCC3)cc2)cc1Cl. The molecule has 1 fully saturated rings. The third-order valence-corrected chi connectivity index (χ3v) is 6.94. The number of morpholine rings is 1. The lowest BCUT2D eigenvalue weighted by atomic mass is 10.1. The molecule has 154 valence electrons. The number of halogens is 1. The number of nitrogens with zero attached hydrogens (tertiary/aromatic N) is 1. The number of rotatable bonds is 6. The summed E-state index contributed by atoms with van der Waals surface area (Å²) in [5.74, 6) is -0.244. The quantitative estimate of drug-likeness (QED) is 0.709. The van der Waals surface area contributed by atoms with Crippen LogP contribution in [0.2, 0.25) is 5.02 Å². The molecule has 0 aliphatic carbocycles. The number of sulfonamides is 1. The van der Waals surface area contributed by atoms with Gasteiger partial charge in [0.25, 0.3) is 0 Å². The van der Waals surface area contributed by atoms with E-state index < -0.39 is 10.0 Å². The number of hydrogen-bond donors (Lipinski definition) is 1. The molecule has 0 unspecified atom stereocenters. The molecule has 0 spiro atoms. The third kappa shape index (κ3) is 5.67. The predicted octanol–water partition coefficient (Wildman–Crippen LogP) is 3.00. The fourth-order valence-corrected chi connectivity index (χ4v) is 4.45. The Morgan fingerprint density at radius 3 is 2.52 bits per heavy atom. The number of hydrogen-bond acceptors (Lipinski definition) is 4. The lowest BCUT2D eigenvalue weighted by Crippen LogP contribution is -2.40. The molecule has 0 radical (unpaired) electrons. The van der Waals surface area contributed by atoms with Crippen molar-refractivity contribution in [2.45, 2.75) is 18.4 Å². The highest BCUT2D eigenvalue weighted by atomic mass is 35.5. The largest absolute Gasteiger partial charge is 0.379 e. The third-order valence-electron chi connectivity index (χ3n) is 4.62. The van der Waals surface area contributed by atoms with Crippen molar-refractivity contribution in [2.24, 2.45) is 0 Å². The van der Waals surface area contributed by atoms with Crippen LogP contribution in [0.3, 0.4) is 0 Å². The molecule has 6 nitrogen and oxygen atoms in total. The molecule has 0 aromatic heterocycles. The summed E-state index contributed by atoms with van der Waals surface area (Å²) in [5, 5.41) is 3.43. The maximum absolute atomic E-state index is 12.6. The summed E-state index contributed by atoms with van der Waals surface area (Å²) in [6, 6.07) is 12.1. The van der Waals surface area contributed by atoms with Gasteiger partial charge < -0.3 is 10.1 Å². The van der Waals surface area contributed by atoms with E-state index in [9.17, 15) is 13.2 Å². The van der Waals surface area contributed by atoms with Gasteiger partial charge in [-0.1, -0.05) is 35.9 Å². The molecular weight excluding hydrogens is 412 g/mol. The zero-order chi connectivity index (χ0) is 20.9. The van der Waals surface area contributed by atoms with Gasteiger partial charge in [0.15, 0.2) is 0 Å². The molecule has 3 rings (SSSR count). The molecule has 1 heterocycles. The Balaban J connectivity index is 1.56. The summed E-state index contributed by atoms with van der Waals surface area (Å²) in [7, 11) is -3.51. The zero-order valence-electron chi connectivity index (χ0n) is 16.1. The molecule has 1 saturated heterocycles. The summed E-state index contributed by atoms with van der Waals surface area (Å²) < 4.78 is 31.9. The monoisotopic (exact) mass is 434 g/mol. The van der Waals surface area contributed by atoms with Crippen molar-refractivity contribution in [2.75, 3.05) is 26.3 Å². The van der Waals surface area contributed by atoms with Crippen molar-refractivity contribution in [3.05, 3.63) is 70.3 Å². The number of ether oxygens (including phenoxy) is 1. The highest BCUT2D eigenvalue weighted by Crippen LogP contribution is 2.18. The standard InChI is InChI=1S/C21H23ClN2O4S/c1-16-2-3-17(14-20(16)22)6-9-21(25)23-15-18-4-7-19(8-5-18)29(26,27)24-10-12-28-13-11-24/h2-9,14H,10-13,15H2,1H3,(H,23,25)/b9-6+. The van der Waals surface area contributed by atoms with Crippen LogP contribution in [0, 0.1) is 6.92 Å². The Hall–Kier alpha value is -2.19. The smallest absolute Gasteiger partial charge is 0.244 e. The van der Waals surface area contributed by atoms with Crippen molar-refractivity contribution >= 4 is 33.6 Å². The fraction of sp³-hybridized carbons (Fsp3) is 0.286. The minimum atomic E-state index is -3.51. The molecule has 1 N–H and O–H groups in total. The molecular formula is C21H23ClN2O4S. The second kappa shape index (κ2) is 9.54. The first-order valence-electron chi connectivity index (χ1n) is 9.25. The van der Waals surface area contributed by atoms with Crippen LogP contribution in [0.15, 0.2) is 53.4 Å². The minimum Gasteiger partial charge on any atom is -0.379 e. The Morgan fingerprint density at radius 2 is 1.86 bits per heavy atom. The Bertz CT molecular complexity index is 998. The van der Waals surface area contributed by atoms with Crippen LogP contribution in [0.25, 0.3) is 6.08 Å². The van der Waals surface area contributed by atoms with E-state index in [1.54, 1.807) is 36.4 Å². The fourth-order valence-electron chi connectivity index (χ4n) is 2.85. The van der Waals surface area contributed by atoms with Crippen LogP contribution in [0.4, 0.5) is 0 Å². The van der Waals surface area contributed by atoms with Gasteiger partial charge in [0.2, 0.25) is 15.9 Å². The van der Waals surface area contributed by atoms with E-state index in [0.29, 0.717) is 37.9 Å². The molecule has 0 bridgehead atoms. The number of benzene rings is 2. The number of amides is 1. The highest BCUT2D eigenvalue weighted by molar-refractivity contribution is 7.89. The average molecular weight is 435 g/mol. The van der Waals surface area contributed by atoms with Crippen molar-refractivity contribution in [3.63, 3.8) is 0 Å². The number of nitrogens with one attached hydrogen (secondary N) is 1. The van der Waals surface area contributed by atoms with E-state index >= 15 is 0 Å². The van der Waals surface area contributed by atoms with Crippen molar-refractivity contribution in [1.29, 1.82) is 0 Å². The van der Waals surface area contributed by atoms with E-state index in [2.05, 4.69) is 5.32 Å². The Morgan fingerprint density at radius 1 is 1.17 bits per heavy atom. The Kier molecular flexibility index (Phi) is 7.08. The zero-order valence-corrected chi connectivity index (χ0v) is 17.7. The number of aryl methyl sites for hydroxylation is 1. The maximum atomic E-state index is 12.6. The van der Waals surface area contributed by atoms with Crippen LogP contribution in [0.1, 0.15) is 16.7 Å². The molecule has 2 aromatic carbocycles. The maximum Gasteiger partial charge on any atom is 0.244 e. The van der Waals surface area contributed by atoms with Crippen LogP contribution in [0.5, 0.6) is 0 Å². The highest BCUT2D eigenvalue weighted by Gasteiger charge is 2.25. The topological polar surface area (TPSA) is 75.7 Å². The second-order valence-electron chi connectivity index (χ2n) is 6.72. The van der Waals surface area contributed by atoms with Crippen molar-refractivity contribution in [3.8, 4) is 0 Å². The minimum absolute atomic E-state index is 0.241. The molecule has 0 atom stereocenters. The summed E-state index contributed by atoms with van der Waals surface area (Å²) >= 11 is 6.08. The molecule has 2 aromatic rings. The number of carbonyl (C=O) groups is 1. The normalized spacial score (nSPS) is 15.5. The van der Waals surface area contributed by atoms with E-state index in [4.69, 9.17) is 16.3 Å². The first-order chi connectivity index (χ1) is 13.9. The van der Waals surface area contributed by atoms with Crippen LogP contribution in [-0.2, 0) is 26.1 Å². The molecule has 1 amide bonds. The van der Waals surface area contributed by atoms with E-state index in [-0.39, 0.29) is 10.8 Å². The van der Waals surface area contributed by atoms with E-state index in [1.807, 2.05) is 19.1 Å². The Labute approximate surface area is 176 Å². The van der Waals surface area contributed by atoms with Gasteiger partial charge in [0.1, 0.15) is 0 Å². The summed E-state index contributed by atoms with van der Waals surface area (Å²) in [4.78, 5) is 12.3. The second-order valence-corrected chi connectivity index (χ2v) is 9.07. The van der Waals surface area contributed by atoms with Gasteiger partial charge in [0, 0.05) is 30.7 Å². The summed E-state index contributed by atoms with van der Waals surface area (Å²) in [6.45, 7) is 3.75.